The van der Waals surface area contributed by atoms with E-state index in [1.807, 2.05) is 60.8 Å². The van der Waals surface area contributed by atoms with Crippen LogP contribution < -0.4 is 0 Å². The lowest BCUT2D eigenvalue weighted by molar-refractivity contribution is 1.18. The van der Waals surface area contributed by atoms with Crippen molar-refractivity contribution in [3.63, 3.8) is 0 Å². The molecule has 234 valence electrons. The first-order valence-corrected chi connectivity index (χ1v) is 16.7. The molecule has 0 aliphatic carbocycles. The summed E-state index contributed by atoms with van der Waals surface area (Å²) in [6, 6.07) is 60.7. The molecule has 3 heterocycles. The highest BCUT2D eigenvalue weighted by atomic mass is 14.9. The zero-order chi connectivity index (χ0) is 33.3. The molecule has 0 aliphatic heterocycles. The van der Waals surface area contributed by atoms with Crippen LogP contribution in [0.25, 0.3) is 89.2 Å². The third-order valence-corrected chi connectivity index (χ3v) is 9.15. The molecule has 9 rings (SSSR count). The van der Waals surface area contributed by atoms with Crippen LogP contribution in [0, 0.1) is 0 Å². The molecular weight excluding hydrogens is 609 g/mol. The van der Waals surface area contributed by atoms with Crippen molar-refractivity contribution in [2.45, 2.75) is 0 Å². The predicted octanol–water partition coefficient (Wildman–Crippen LogP) is 11.6. The van der Waals surface area contributed by atoms with Crippen molar-refractivity contribution in [1.82, 2.24) is 19.9 Å². The molecule has 0 atom stereocenters. The molecule has 4 heteroatoms. The Morgan fingerprint density at radius 3 is 1.62 bits per heavy atom. The van der Waals surface area contributed by atoms with Gasteiger partial charge in [0.1, 0.15) is 0 Å². The summed E-state index contributed by atoms with van der Waals surface area (Å²) in [7, 11) is 0. The molecule has 6 aromatic carbocycles. The number of benzene rings is 6. The predicted molar refractivity (Wildman–Crippen MR) is 205 cm³/mol. The van der Waals surface area contributed by atoms with Gasteiger partial charge in [-0.05, 0) is 35.4 Å². The highest BCUT2D eigenvalue weighted by molar-refractivity contribution is 6.17. The number of hydrogen-bond donors (Lipinski definition) is 0. The van der Waals surface area contributed by atoms with E-state index in [1.54, 1.807) is 0 Å². The van der Waals surface area contributed by atoms with Gasteiger partial charge in [0.15, 0.2) is 5.82 Å². The average Bonchev–Trinajstić information content (AvgIpc) is 3.21. The molecule has 0 bridgehead atoms. The first-order chi connectivity index (χ1) is 24.8. The minimum absolute atomic E-state index is 0.707. The van der Waals surface area contributed by atoms with E-state index < -0.39 is 0 Å². The Bertz CT molecular complexity index is 2550. The van der Waals surface area contributed by atoms with Crippen molar-refractivity contribution < 1.29 is 0 Å². The summed E-state index contributed by atoms with van der Waals surface area (Å²) in [6.45, 7) is 0. The molecule has 0 saturated carbocycles. The van der Waals surface area contributed by atoms with E-state index in [1.165, 1.54) is 0 Å². The van der Waals surface area contributed by atoms with Crippen LogP contribution >= 0.6 is 0 Å². The van der Waals surface area contributed by atoms with E-state index >= 15 is 0 Å². The zero-order valence-corrected chi connectivity index (χ0v) is 27.1. The SMILES string of the molecule is c1ccc(-c2cc(-c3ccc(-c4ccc5c(c4)nc(-c4ccccc4)c4cccc(-c6ccccn6)c45)cc3)nc(-c3ccccc3)n2)cc1. The van der Waals surface area contributed by atoms with Crippen LogP contribution in [-0.2, 0) is 0 Å². The molecule has 0 saturated heterocycles. The minimum Gasteiger partial charge on any atom is -0.256 e. The number of hydrogen-bond acceptors (Lipinski definition) is 4. The summed E-state index contributed by atoms with van der Waals surface area (Å²) >= 11 is 0. The first-order valence-electron chi connectivity index (χ1n) is 16.7. The summed E-state index contributed by atoms with van der Waals surface area (Å²) in [5.74, 6) is 0.707. The normalized spacial score (nSPS) is 11.2. The van der Waals surface area contributed by atoms with Crippen molar-refractivity contribution in [2.75, 3.05) is 0 Å². The molecule has 9 aromatic rings. The van der Waals surface area contributed by atoms with Gasteiger partial charge in [-0.3, -0.25) is 4.98 Å². The monoisotopic (exact) mass is 638 g/mol. The van der Waals surface area contributed by atoms with Crippen molar-refractivity contribution in [3.8, 4) is 67.5 Å². The maximum atomic E-state index is 5.30. The van der Waals surface area contributed by atoms with Crippen molar-refractivity contribution >= 4 is 21.7 Å². The summed E-state index contributed by atoms with van der Waals surface area (Å²) in [4.78, 5) is 20.0. The lowest BCUT2D eigenvalue weighted by Gasteiger charge is -2.15. The molecule has 0 amide bonds. The van der Waals surface area contributed by atoms with Gasteiger partial charge in [-0.2, -0.15) is 0 Å². The second-order valence-corrected chi connectivity index (χ2v) is 12.3. The Balaban J connectivity index is 1.16. The topological polar surface area (TPSA) is 51.6 Å². The number of aromatic nitrogens is 4. The molecule has 3 aromatic heterocycles. The highest BCUT2D eigenvalue weighted by Gasteiger charge is 2.16. The van der Waals surface area contributed by atoms with E-state index in [0.29, 0.717) is 5.82 Å². The van der Waals surface area contributed by atoms with Crippen molar-refractivity contribution in [2.24, 2.45) is 0 Å². The van der Waals surface area contributed by atoms with Gasteiger partial charge in [0, 0.05) is 50.2 Å². The summed E-state index contributed by atoms with van der Waals surface area (Å²) < 4.78 is 0. The molecular formula is C46H30N4. The minimum atomic E-state index is 0.707. The lowest BCUT2D eigenvalue weighted by atomic mass is 9.93. The zero-order valence-electron chi connectivity index (χ0n) is 27.1. The second kappa shape index (κ2) is 12.7. The van der Waals surface area contributed by atoms with E-state index in [4.69, 9.17) is 19.9 Å². The van der Waals surface area contributed by atoms with Crippen LogP contribution in [0.15, 0.2) is 182 Å². The summed E-state index contributed by atoms with van der Waals surface area (Å²) in [5, 5.41) is 3.37. The Labute approximate surface area is 290 Å². The third kappa shape index (κ3) is 5.49. The van der Waals surface area contributed by atoms with Crippen LogP contribution in [0.3, 0.4) is 0 Å². The van der Waals surface area contributed by atoms with Crippen LogP contribution in [0.2, 0.25) is 0 Å². The number of rotatable bonds is 6. The van der Waals surface area contributed by atoms with Crippen molar-refractivity contribution in [1.29, 1.82) is 0 Å². The Hall–Kier alpha value is -6.78. The van der Waals surface area contributed by atoms with Crippen LogP contribution in [0.5, 0.6) is 0 Å². The smallest absolute Gasteiger partial charge is 0.160 e. The van der Waals surface area contributed by atoms with E-state index in [9.17, 15) is 0 Å². The molecule has 0 fully saturated rings. The summed E-state index contributed by atoms with van der Waals surface area (Å²) in [5.41, 5.74) is 12.1. The highest BCUT2D eigenvalue weighted by Crippen LogP contribution is 2.39. The number of nitrogens with zero attached hydrogens (tertiary/aromatic N) is 4. The van der Waals surface area contributed by atoms with E-state index in [0.717, 1.165) is 83.4 Å². The van der Waals surface area contributed by atoms with Crippen LogP contribution in [-0.4, -0.2) is 19.9 Å². The van der Waals surface area contributed by atoms with Gasteiger partial charge in [-0.15, -0.1) is 0 Å². The molecule has 0 spiro atoms. The van der Waals surface area contributed by atoms with E-state index in [-0.39, 0.29) is 0 Å². The largest absolute Gasteiger partial charge is 0.256 e. The van der Waals surface area contributed by atoms with Gasteiger partial charge in [0.2, 0.25) is 0 Å². The quantitative estimate of drug-likeness (QED) is 0.170. The first kappa shape index (κ1) is 29.4. The molecule has 50 heavy (non-hydrogen) atoms. The van der Waals surface area contributed by atoms with Crippen molar-refractivity contribution in [3.05, 3.63) is 182 Å². The molecule has 4 nitrogen and oxygen atoms in total. The Kier molecular flexibility index (Phi) is 7.45. The molecule has 0 unspecified atom stereocenters. The number of pyridine rings is 2. The van der Waals surface area contributed by atoms with Crippen LogP contribution in [0.4, 0.5) is 0 Å². The fraction of sp³-hybridized carbons (Fsp3) is 0. The number of fused-ring (bicyclic) bond motifs is 3. The fourth-order valence-electron chi connectivity index (χ4n) is 6.69. The Morgan fingerprint density at radius 2 is 0.940 bits per heavy atom. The average molecular weight is 639 g/mol. The summed E-state index contributed by atoms with van der Waals surface area (Å²) in [6.07, 6.45) is 1.85. The van der Waals surface area contributed by atoms with Gasteiger partial charge in [0.25, 0.3) is 0 Å². The molecule has 0 radical (unpaired) electrons. The standard InChI is InChI=1S/C46H30N4/c1-4-13-32(14-5-1)41-30-42(50-46(49-41)35-17-8-3-9-18-35)33-24-22-31(23-25-33)36-26-27-38-43(29-36)48-45(34-15-6-2-7-16-34)39-20-12-19-37(44(38)39)40-21-10-11-28-47-40/h1-30H. The van der Waals surface area contributed by atoms with Gasteiger partial charge in [-0.25, -0.2) is 15.0 Å². The van der Waals surface area contributed by atoms with Gasteiger partial charge < -0.3 is 0 Å². The van der Waals surface area contributed by atoms with Crippen LogP contribution in [0.1, 0.15) is 0 Å². The molecule has 0 aliphatic rings. The lowest BCUT2D eigenvalue weighted by Crippen LogP contribution is -1.96. The fourth-order valence-corrected chi connectivity index (χ4v) is 6.69. The second-order valence-electron chi connectivity index (χ2n) is 12.3. The maximum absolute atomic E-state index is 5.30. The van der Waals surface area contributed by atoms with Gasteiger partial charge >= 0.3 is 0 Å². The maximum Gasteiger partial charge on any atom is 0.160 e. The van der Waals surface area contributed by atoms with E-state index in [2.05, 4.69) is 121 Å². The Morgan fingerprint density at radius 1 is 0.340 bits per heavy atom. The van der Waals surface area contributed by atoms with Gasteiger partial charge in [-0.1, -0.05) is 152 Å². The van der Waals surface area contributed by atoms with Gasteiger partial charge in [0.05, 0.1) is 28.3 Å². The molecule has 0 N–H and O–H groups in total. The third-order valence-electron chi connectivity index (χ3n) is 9.15.